The van der Waals surface area contributed by atoms with Gasteiger partial charge in [0.2, 0.25) is 0 Å². The predicted octanol–water partition coefficient (Wildman–Crippen LogP) is 5.75. The summed E-state index contributed by atoms with van der Waals surface area (Å²) in [5.74, 6) is -0.262. The number of nitrogens with zero attached hydrogens (tertiary/aromatic N) is 3. The minimum absolute atomic E-state index is 0.0771. The number of para-hydroxylation sites is 2. The summed E-state index contributed by atoms with van der Waals surface area (Å²) in [6, 6.07) is 14.1. The van der Waals surface area contributed by atoms with Crippen molar-refractivity contribution in [3.05, 3.63) is 77.6 Å². The van der Waals surface area contributed by atoms with E-state index in [9.17, 15) is 18.0 Å². The number of nitrogen functional groups attached to an aromatic ring is 1. The Bertz CT molecular complexity index is 1560. The van der Waals surface area contributed by atoms with E-state index >= 15 is 0 Å². The first-order chi connectivity index (χ1) is 17.7. The molecule has 1 amide bonds. The van der Waals surface area contributed by atoms with Gasteiger partial charge in [0.05, 0.1) is 44.6 Å². The van der Waals surface area contributed by atoms with Crippen molar-refractivity contribution < 1.29 is 18.0 Å². The molecule has 5 aromatic rings. The lowest BCUT2D eigenvalue weighted by Crippen LogP contribution is -2.28. The van der Waals surface area contributed by atoms with Gasteiger partial charge < -0.3 is 21.7 Å². The molecule has 0 aliphatic rings. The Labute approximate surface area is 217 Å². The zero-order chi connectivity index (χ0) is 26.0. The largest absolute Gasteiger partial charge is 0.401 e. The van der Waals surface area contributed by atoms with Gasteiger partial charge >= 0.3 is 6.18 Å². The summed E-state index contributed by atoms with van der Waals surface area (Å²) >= 11 is 2.67. The number of thiophene rings is 1. The summed E-state index contributed by atoms with van der Waals surface area (Å²) in [7, 11) is 0. The van der Waals surface area contributed by atoms with Crippen molar-refractivity contribution in [3.8, 4) is 10.6 Å². The summed E-state index contributed by atoms with van der Waals surface area (Å²) in [6.45, 7) is -0.980. The van der Waals surface area contributed by atoms with Gasteiger partial charge in [-0.05, 0) is 35.9 Å². The van der Waals surface area contributed by atoms with Crippen molar-refractivity contribution >= 4 is 55.7 Å². The number of amides is 1. The number of aromatic nitrogens is 3. The van der Waals surface area contributed by atoms with E-state index in [1.165, 1.54) is 22.7 Å². The van der Waals surface area contributed by atoms with Crippen LogP contribution in [0.15, 0.2) is 67.1 Å². The zero-order valence-corrected chi connectivity index (χ0v) is 20.7. The molecule has 0 radical (unpaired) electrons. The maximum atomic E-state index is 12.6. The Balaban J connectivity index is 1.27. The van der Waals surface area contributed by atoms with Crippen LogP contribution in [0.25, 0.3) is 16.2 Å². The number of imidazole rings is 1. The van der Waals surface area contributed by atoms with Crippen LogP contribution in [0.1, 0.15) is 15.2 Å². The van der Waals surface area contributed by atoms with E-state index in [1.54, 1.807) is 67.1 Å². The smallest absolute Gasteiger partial charge is 0.397 e. The molecule has 0 unspecified atom stereocenters. The first-order valence-corrected chi connectivity index (χ1v) is 12.6. The molecular formula is C24H20F3N7OS2. The van der Waals surface area contributed by atoms with Crippen LogP contribution in [0.4, 0.5) is 34.7 Å². The lowest BCUT2D eigenvalue weighted by atomic mass is 10.2. The van der Waals surface area contributed by atoms with E-state index in [4.69, 9.17) is 5.73 Å². The minimum atomic E-state index is -4.26. The number of pyridine rings is 1. The highest BCUT2D eigenvalue weighted by Gasteiger charge is 2.26. The standard InChI is InChI=1S/C24H20F3N7OS2/c25-24(26,27)13-29-9-14-5-7-20-30-10-17(34(20)12-14)19-11-31-23(37-19)33-21-8-6-18(36-21)22(35)32-16-4-2-1-3-15(16)28/h1-8,10-12,29H,9,13,28H2,(H,31,33)(H,32,35). The normalized spacial score (nSPS) is 11.6. The fraction of sp³-hybridized carbons (Fsp3) is 0.125. The Hall–Kier alpha value is -3.94. The lowest BCUT2D eigenvalue weighted by Gasteiger charge is -2.09. The van der Waals surface area contributed by atoms with Crippen molar-refractivity contribution in [2.45, 2.75) is 12.7 Å². The van der Waals surface area contributed by atoms with Gasteiger partial charge in [-0.3, -0.25) is 9.20 Å². The van der Waals surface area contributed by atoms with E-state index in [0.29, 0.717) is 32.6 Å². The summed E-state index contributed by atoms with van der Waals surface area (Å²) in [4.78, 5) is 22.7. The van der Waals surface area contributed by atoms with Crippen LogP contribution in [0.3, 0.4) is 0 Å². The number of rotatable bonds is 8. The summed E-state index contributed by atoms with van der Waals surface area (Å²) in [5.41, 5.74) is 9.06. The Morgan fingerprint density at radius 3 is 2.68 bits per heavy atom. The number of fused-ring (bicyclic) bond motifs is 1. The monoisotopic (exact) mass is 543 g/mol. The van der Waals surface area contributed by atoms with Crippen molar-refractivity contribution in [2.75, 3.05) is 22.9 Å². The first-order valence-electron chi connectivity index (χ1n) is 11.0. The van der Waals surface area contributed by atoms with Crippen molar-refractivity contribution in [1.82, 2.24) is 19.7 Å². The molecule has 4 heterocycles. The molecule has 37 heavy (non-hydrogen) atoms. The number of anilines is 4. The van der Waals surface area contributed by atoms with Crippen molar-refractivity contribution in [1.29, 1.82) is 0 Å². The van der Waals surface area contributed by atoms with Gasteiger partial charge in [0.1, 0.15) is 5.65 Å². The average molecular weight is 544 g/mol. The molecule has 190 valence electrons. The van der Waals surface area contributed by atoms with Crippen LogP contribution in [0, 0.1) is 0 Å². The van der Waals surface area contributed by atoms with E-state index < -0.39 is 12.7 Å². The number of benzene rings is 1. The van der Waals surface area contributed by atoms with Gasteiger partial charge in [-0.25, -0.2) is 9.97 Å². The number of carbonyl (C=O) groups is 1. The third-order valence-electron chi connectivity index (χ3n) is 5.25. The molecule has 13 heteroatoms. The highest BCUT2D eigenvalue weighted by atomic mass is 32.1. The molecule has 0 bridgehead atoms. The number of halogens is 3. The van der Waals surface area contributed by atoms with Crippen LogP contribution >= 0.6 is 22.7 Å². The third kappa shape index (κ3) is 5.90. The zero-order valence-electron chi connectivity index (χ0n) is 19.0. The Morgan fingerprint density at radius 2 is 1.86 bits per heavy atom. The molecule has 5 rings (SSSR count). The number of hydrogen-bond acceptors (Lipinski definition) is 8. The van der Waals surface area contributed by atoms with Gasteiger partial charge in [-0.15, -0.1) is 11.3 Å². The fourth-order valence-electron chi connectivity index (χ4n) is 3.54. The van der Waals surface area contributed by atoms with Crippen LogP contribution in [-0.2, 0) is 6.54 Å². The summed E-state index contributed by atoms with van der Waals surface area (Å²) in [6.07, 6.45) is 0.893. The number of thiazole rings is 1. The second-order valence-corrected chi connectivity index (χ2v) is 10.1. The van der Waals surface area contributed by atoms with Crippen molar-refractivity contribution in [2.24, 2.45) is 0 Å². The number of alkyl halides is 3. The van der Waals surface area contributed by atoms with Gasteiger partial charge in [0, 0.05) is 18.9 Å². The van der Waals surface area contributed by atoms with Gasteiger partial charge in [0.15, 0.2) is 5.13 Å². The number of nitrogens with one attached hydrogen (secondary N) is 3. The average Bonchev–Trinajstić information content (AvgIpc) is 3.60. The van der Waals surface area contributed by atoms with Crippen LogP contribution in [0.2, 0.25) is 0 Å². The van der Waals surface area contributed by atoms with E-state index in [2.05, 4.69) is 25.9 Å². The minimum Gasteiger partial charge on any atom is -0.397 e. The topological polar surface area (TPSA) is 109 Å². The van der Waals surface area contributed by atoms with Gasteiger partial charge in [-0.1, -0.05) is 29.5 Å². The lowest BCUT2D eigenvalue weighted by molar-refractivity contribution is -0.125. The molecule has 5 N–H and O–H groups in total. The van der Waals surface area contributed by atoms with E-state index in [-0.39, 0.29) is 12.5 Å². The third-order valence-corrected chi connectivity index (χ3v) is 7.18. The van der Waals surface area contributed by atoms with E-state index in [1.807, 2.05) is 4.40 Å². The van der Waals surface area contributed by atoms with Crippen LogP contribution in [0.5, 0.6) is 0 Å². The molecule has 0 saturated carbocycles. The number of carbonyl (C=O) groups excluding carboxylic acids is 1. The Kier molecular flexibility index (Phi) is 6.82. The molecule has 1 aromatic carbocycles. The predicted molar refractivity (Wildman–Crippen MR) is 140 cm³/mol. The summed E-state index contributed by atoms with van der Waals surface area (Å²) in [5, 5.41) is 9.78. The van der Waals surface area contributed by atoms with E-state index in [0.717, 1.165) is 15.6 Å². The SMILES string of the molecule is Nc1ccccc1NC(=O)c1ccc(Nc2ncc(-c3cnc4ccc(CNCC(F)(F)F)cn34)s2)s1. The van der Waals surface area contributed by atoms with Gasteiger partial charge in [0.25, 0.3) is 5.91 Å². The number of nitrogens with two attached hydrogens (primary N) is 1. The van der Waals surface area contributed by atoms with Crippen LogP contribution < -0.4 is 21.7 Å². The second-order valence-electron chi connectivity index (χ2n) is 7.99. The molecule has 4 aromatic heterocycles. The van der Waals surface area contributed by atoms with Gasteiger partial charge in [-0.2, -0.15) is 13.2 Å². The molecule has 0 aliphatic carbocycles. The maximum absolute atomic E-state index is 12.6. The highest BCUT2D eigenvalue weighted by Crippen LogP contribution is 2.33. The number of hydrogen-bond donors (Lipinski definition) is 4. The first kappa shape index (κ1) is 24.7. The molecule has 0 atom stereocenters. The molecular weight excluding hydrogens is 523 g/mol. The molecule has 0 spiro atoms. The quantitative estimate of drug-likeness (QED) is 0.186. The van der Waals surface area contributed by atoms with Crippen molar-refractivity contribution in [3.63, 3.8) is 0 Å². The van der Waals surface area contributed by atoms with Crippen LogP contribution in [-0.4, -0.2) is 33.0 Å². The summed E-state index contributed by atoms with van der Waals surface area (Å²) < 4.78 is 39.1. The maximum Gasteiger partial charge on any atom is 0.401 e. The second kappa shape index (κ2) is 10.2. The molecule has 0 saturated heterocycles. The molecule has 0 fully saturated rings. The molecule has 0 aliphatic heterocycles. The Morgan fingerprint density at radius 1 is 1.03 bits per heavy atom. The molecule has 8 nitrogen and oxygen atoms in total. The fourth-order valence-corrected chi connectivity index (χ4v) is 5.24. The highest BCUT2D eigenvalue weighted by molar-refractivity contribution is 7.20.